The molecule has 0 saturated carbocycles. The summed E-state index contributed by atoms with van der Waals surface area (Å²) in [7, 11) is 1.60. The number of methoxy groups -OCH3 is 1. The summed E-state index contributed by atoms with van der Waals surface area (Å²) in [6, 6.07) is 12.1. The van der Waals surface area contributed by atoms with E-state index in [4.69, 9.17) is 4.74 Å². The summed E-state index contributed by atoms with van der Waals surface area (Å²) in [5, 5.41) is 6.16. The molecule has 1 amide bonds. The second-order valence-electron chi connectivity index (χ2n) is 6.35. The van der Waals surface area contributed by atoms with Crippen molar-refractivity contribution in [3.05, 3.63) is 53.8 Å². The van der Waals surface area contributed by atoms with E-state index in [-0.39, 0.29) is 11.5 Å². The number of rotatable bonds is 5. The van der Waals surface area contributed by atoms with Gasteiger partial charge in [0.25, 0.3) is 5.91 Å². The van der Waals surface area contributed by atoms with Crippen LogP contribution < -0.4 is 15.4 Å². The van der Waals surface area contributed by atoms with Crippen LogP contribution in [0.2, 0.25) is 0 Å². The van der Waals surface area contributed by atoms with Gasteiger partial charge in [-0.25, -0.2) is 4.39 Å². The van der Waals surface area contributed by atoms with E-state index >= 15 is 0 Å². The smallest absolute Gasteiger partial charge is 0.254 e. The summed E-state index contributed by atoms with van der Waals surface area (Å²) in [6.45, 7) is 2.51. The molecular weight excluding hydrogens is 319 g/mol. The normalized spacial score (nSPS) is 17.1. The zero-order valence-electron chi connectivity index (χ0n) is 14.3. The monoisotopic (exact) mass is 342 g/mol. The largest absolute Gasteiger partial charge is 0.497 e. The molecule has 25 heavy (non-hydrogen) atoms. The molecule has 0 aromatic heterocycles. The Hall–Kier alpha value is -2.40. The van der Waals surface area contributed by atoms with Gasteiger partial charge in [0.2, 0.25) is 0 Å². The lowest BCUT2D eigenvalue weighted by Crippen LogP contribution is -2.38. The van der Waals surface area contributed by atoms with Gasteiger partial charge in [-0.3, -0.25) is 4.79 Å². The van der Waals surface area contributed by atoms with Crippen LogP contribution in [0.1, 0.15) is 23.2 Å². The van der Waals surface area contributed by atoms with Gasteiger partial charge in [0, 0.05) is 6.54 Å². The molecule has 3 rings (SSSR count). The number of nitrogens with one attached hydrogen (secondary N) is 2. The number of halogens is 1. The average Bonchev–Trinajstić information content (AvgIpc) is 2.67. The van der Waals surface area contributed by atoms with Crippen molar-refractivity contribution in [1.82, 2.24) is 10.6 Å². The first-order chi connectivity index (χ1) is 12.2. The first-order valence-corrected chi connectivity index (χ1v) is 8.60. The molecule has 2 aromatic rings. The molecule has 4 nitrogen and oxygen atoms in total. The van der Waals surface area contributed by atoms with E-state index in [2.05, 4.69) is 10.6 Å². The molecule has 1 heterocycles. The van der Waals surface area contributed by atoms with E-state index in [1.54, 1.807) is 19.2 Å². The highest BCUT2D eigenvalue weighted by atomic mass is 19.1. The minimum atomic E-state index is -0.507. The Labute approximate surface area is 147 Å². The highest BCUT2D eigenvalue weighted by Gasteiger charge is 2.17. The maximum atomic E-state index is 14.4. The maximum Gasteiger partial charge on any atom is 0.254 e. The van der Waals surface area contributed by atoms with E-state index in [0.29, 0.717) is 12.5 Å². The zero-order valence-corrected chi connectivity index (χ0v) is 14.3. The fraction of sp³-hybridized carbons (Fsp3) is 0.350. The molecule has 1 atom stereocenters. The summed E-state index contributed by atoms with van der Waals surface area (Å²) >= 11 is 0. The summed E-state index contributed by atoms with van der Waals surface area (Å²) in [6.07, 6.45) is 2.21. The Morgan fingerprint density at radius 3 is 2.64 bits per heavy atom. The van der Waals surface area contributed by atoms with E-state index in [9.17, 15) is 9.18 Å². The first-order valence-electron chi connectivity index (χ1n) is 8.60. The van der Waals surface area contributed by atoms with Crippen LogP contribution in [0.4, 0.5) is 4.39 Å². The molecule has 1 unspecified atom stereocenters. The lowest BCUT2D eigenvalue weighted by Gasteiger charge is -2.22. The molecule has 0 bridgehead atoms. The fourth-order valence-electron chi connectivity index (χ4n) is 3.09. The van der Waals surface area contributed by atoms with Crippen molar-refractivity contribution in [2.75, 3.05) is 26.7 Å². The highest BCUT2D eigenvalue weighted by Crippen LogP contribution is 2.24. The van der Waals surface area contributed by atoms with Crippen LogP contribution >= 0.6 is 0 Å². The quantitative estimate of drug-likeness (QED) is 0.877. The minimum absolute atomic E-state index is 0.0843. The molecule has 0 aliphatic carbocycles. The molecule has 1 saturated heterocycles. The number of amides is 1. The molecular formula is C20H23FN2O2. The molecule has 5 heteroatoms. The number of piperidine rings is 1. The number of carbonyl (C=O) groups is 1. The van der Waals surface area contributed by atoms with E-state index < -0.39 is 5.82 Å². The lowest BCUT2D eigenvalue weighted by molar-refractivity contribution is 0.0941. The number of ether oxygens (including phenoxy) is 1. The van der Waals surface area contributed by atoms with E-state index in [1.807, 2.05) is 24.3 Å². The topological polar surface area (TPSA) is 50.4 Å². The van der Waals surface area contributed by atoms with Gasteiger partial charge in [-0.2, -0.15) is 0 Å². The van der Waals surface area contributed by atoms with E-state index in [0.717, 1.165) is 42.8 Å². The van der Waals surface area contributed by atoms with E-state index in [1.165, 1.54) is 6.07 Å². The van der Waals surface area contributed by atoms with Crippen molar-refractivity contribution in [1.29, 1.82) is 0 Å². The fourth-order valence-corrected chi connectivity index (χ4v) is 3.09. The van der Waals surface area contributed by atoms with Gasteiger partial charge in [0.05, 0.1) is 12.7 Å². The summed E-state index contributed by atoms with van der Waals surface area (Å²) in [4.78, 5) is 12.3. The van der Waals surface area contributed by atoms with Crippen molar-refractivity contribution >= 4 is 5.91 Å². The van der Waals surface area contributed by atoms with Gasteiger partial charge in [-0.05, 0) is 67.2 Å². The number of benzene rings is 2. The van der Waals surface area contributed by atoms with Gasteiger partial charge in [-0.1, -0.05) is 18.2 Å². The number of carbonyl (C=O) groups excluding carboxylic acids is 1. The predicted octanol–water partition coefficient (Wildman–Crippen LogP) is 3.23. The van der Waals surface area contributed by atoms with Crippen molar-refractivity contribution in [2.45, 2.75) is 12.8 Å². The van der Waals surface area contributed by atoms with Gasteiger partial charge in [0.15, 0.2) is 0 Å². The molecule has 0 spiro atoms. The zero-order chi connectivity index (χ0) is 17.6. The number of hydrogen-bond donors (Lipinski definition) is 2. The SMILES string of the molecule is COc1ccc(-c2ccc(C(=O)NCC3CCCNC3)c(F)c2)cc1. The van der Waals surface area contributed by atoms with Crippen molar-refractivity contribution in [2.24, 2.45) is 5.92 Å². The summed E-state index contributed by atoms with van der Waals surface area (Å²) in [5.74, 6) is 0.300. The van der Waals surface area contributed by atoms with Crippen LogP contribution in [-0.4, -0.2) is 32.7 Å². The minimum Gasteiger partial charge on any atom is -0.497 e. The highest BCUT2D eigenvalue weighted by molar-refractivity contribution is 5.95. The Morgan fingerprint density at radius 1 is 1.24 bits per heavy atom. The standard InChI is InChI=1S/C20H23FN2O2/c1-25-17-7-4-15(5-8-17)16-6-9-18(19(21)11-16)20(24)23-13-14-3-2-10-22-12-14/h4-9,11,14,22H,2-3,10,12-13H2,1H3,(H,23,24). The third-order valence-corrected chi connectivity index (χ3v) is 4.59. The van der Waals surface area contributed by atoms with Crippen molar-refractivity contribution < 1.29 is 13.9 Å². The molecule has 0 radical (unpaired) electrons. The van der Waals surface area contributed by atoms with Gasteiger partial charge < -0.3 is 15.4 Å². The molecule has 1 aliphatic rings. The second kappa shape index (κ2) is 8.12. The molecule has 1 aliphatic heterocycles. The second-order valence-corrected chi connectivity index (χ2v) is 6.35. The van der Waals surface area contributed by atoms with Crippen LogP contribution in [0.3, 0.4) is 0 Å². The van der Waals surface area contributed by atoms with Crippen LogP contribution in [0.25, 0.3) is 11.1 Å². The Morgan fingerprint density at radius 2 is 2.00 bits per heavy atom. The van der Waals surface area contributed by atoms with Crippen LogP contribution in [-0.2, 0) is 0 Å². The third kappa shape index (κ3) is 4.37. The van der Waals surface area contributed by atoms with Crippen LogP contribution in [0, 0.1) is 11.7 Å². The molecule has 132 valence electrons. The van der Waals surface area contributed by atoms with Crippen molar-refractivity contribution in [3.8, 4) is 16.9 Å². The van der Waals surface area contributed by atoms with Crippen LogP contribution in [0.15, 0.2) is 42.5 Å². The van der Waals surface area contributed by atoms with Gasteiger partial charge in [0.1, 0.15) is 11.6 Å². The van der Waals surface area contributed by atoms with Crippen LogP contribution in [0.5, 0.6) is 5.75 Å². The molecule has 1 fully saturated rings. The summed E-state index contributed by atoms with van der Waals surface area (Å²) in [5.41, 5.74) is 1.69. The Kier molecular flexibility index (Phi) is 5.66. The first kappa shape index (κ1) is 17.4. The number of hydrogen-bond acceptors (Lipinski definition) is 3. The average molecular weight is 342 g/mol. The molecule has 2 N–H and O–H groups in total. The Bertz CT molecular complexity index is 725. The predicted molar refractivity (Wildman–Crippen MR) is 96.3 cm³/mol. The van der Waals surface area contributed by atoms with Gasteiger partial charge >= 0.3 is 0 Å². The maximum absolute atomic E-state index is 14.4. The molecule has 2 aromatic carbocycles. The van der Waals surface area contributed by atoms with Crippen molar-refractivity contribution in [3.63, 3.8) is 0 Å². The third-order valence-electron chi connectivity index (χ3n) is 4.59. The Balaban J connectivity index is 1.66. The summed E-state index contributed by atoms with van der Waals surface area (Å²) < 4.78 is 19.5. The lowest BCUT2D eigenvalue weighted by atomic mass is 9.99. The van der Waals surface area contributed by atoms with Gasteiger partial charge in [-0.15, -0.1) is 0 Å².